The van der Waals surface area contributed by atoms with Gasteiger partial charge in [-0.3, -0.25) is 13.8 Å². The van der Waals surface area contributed by atoms with Gasteiger partial charge >= 0.3 is 5.69 Å². The lowest BCUT2D eigenvalue weighted by molar-refractivity contribution is 0.376. The van der Waals surface area contributed by atoms with Crippen LogP contribution in [0.5, 0.6) is 5.75 Å². The van der Waals surface area contributed by atoms with Gasteiger partial charge in [-0.1, -0.05) is 24.3 Å². The summed E-state index contributed by atoms with van der Waals surface area (Å²) in [5.74, 6) is 0.196. The minimum Gasteiger partial charge on any atom is -0.508 e. The Kier molecular flexibility index (Phi) is 4.48. The molecule has 7 heteroatoms. The lowest BCUT2D eigenvalue weighted by Crippen LogP contribution is -2.39. The Labute approximate surface area is 172 Å². The third-order valence-electron chi connectivity index (χ3n) is 5.42. The first-order valence-corrected chi connectivity index (χ1v) is 9.17. The molecule has 0 radical (unpaired) electrons. The molecule has 5 rings (SSSR count). The molecule has 148 valence electrons. The molecule has 0 amide bonds. The van der Waals surface area contributed by atoms with Crippen LogP contribution < -0.4 is 11.2 Å². The van der Waals surface area contributed by atoms with Gasteiger partial charge in [0.25, 0.3) is 5.56 Å². The van der Waals surface area contributed by atoms with Crippen LogP contribution in [0.2, 0.25) is 0 Å². The van der Waals surface area contributed by atoms with E-state index in [4.69, 9.17) is 0 Å². The predicted octanol–water partition coefficient (Wildman–Crippen LogP) is 3.05. The first kappa shape index (κ1) is 19.2. The maximum atomic E-state index is 13.3. The van der Waals surface area contributed by atoms with Crippen LogP contribution in [-0.4, -0.2) is 39.6 Å². The van der Waals surface area contributed by atoms with Gasteiger partial charge in [-0.15, -0.1) is 12.4 Å². The third kappa shape index (κ3) is 2.68. The molecule has 0 saturated carbocycles. The van der Waals surface area contributed by atoms with Crippen molar-refractivity contribution < 1.29 is 5.11 Å². The highest BCUT2D eigenvalue weighted by molar-refractivity contribution is 6.23. The highest BCUT2D eigenvalue weighted by atomic mass is 35.5. The van der Waals surface area contributed by atoms with Crippen LogP contribution in [0, 0.1) is 0 Å². The summed E-state index contributed by atoms with van der Waals surface area (Å²) >= 11 is 0. The number of aromatic nitrogens is 2. The van der Waals surface area contributed by atoms with Crippen molar-refractivity contribution >= 4 is 50.4 Å². The first-order valence-electron chi connectivity index (χ1n) is 9.17. The molecule has 0 spiro atoms. The van der Waals surface area contributed by atoms with Gasteiger partial charge in [-0.05, 0) is 49.1 Å². The van der Waals surface area contributed by atoms with E-state index in [2.05, 4.69) is 0 Å². The number of halogens is 1. The predicted molar refractivity (Wildman–Crippen MR) is 119 cm³/mol. The van der Waals surface area contributed by atoms with Crippen molar-refractivity contribution in [3.05, 3.63) is 69.4 Å². The van der Waals surface area contributed by atoms with Crippen LogP contribution in [0.1, 0.15) is 0 Å². The molecule has 29 heavy (non-hydrogen) atoms. The molecule has 2 aromatic heterocycles. The summed E-state index contributed by atoms with van der Waals surface area (Å²) in [6, 6.07) is 14.6. The Hall–Kier alpha value is -3.09. The molecule has 0 atom stereocenters. The van der Waals surface area contributed by atoms with Crippen LogP contribution in [0.3, 0.4) is 0 Å². The lowest BCUT2D eigenvalue weighted by atomic mass is 10.0. The Morgan fingerprint density at radius 1 is 0.966 bits per heavy atom. The summed E-state index contributed by atoms with van der Waals surface area (Å²) in [6.45, 7) is 0.936. The van der Waals surface area contributed by atoms with Crippen molar-refractivity contribution in [2.75, 3.05) is 20.6 Å². The van der Waals surface area contributed by atoms with Gasteiger partial charge in [0, 0.05) is 23.9 Å². The summed E-state index contributed by atoms with van der Waals surface area (Å²) in [6.07, 6.45) is 0. The van der Waals surface area contributed by atoms with E-state index < -0.39 is 0 Å². The number of hydrogen-bond donors (Lipinski definition) is 1. The summed E-state index contributed by atoms with van der Waals surface area (Å²) in [5, 5.41) is 14.0. The second-order valence-electron chi connectivity index (χ2n) is 7.44. The van der Waals surface area contributed by atoms with Crippen LogP contribution in [0.25, 0.3) is 38.0 Å². The van der Waals surface area contributed by atoms with E-state index >= 15 is 0 Å². The number of phenols is 1. The Morgan fingerprint density at radius 3 is 2.48 bits per heavy atom. The molecule has 0 aliphatic carbocycles. The number of para-hydroxylation sites is 1. The minimum absolute atomic E-state index is 0. The van der Waals surface area contributed by atoms with Gasteiger partial charge in [-0.25, -0.2) is 4.79 Å². The highest BCUT2D eigenvalue weighted by Crippen LogP contribution is 2.35. The van der Waals surface area contributed by atoms with Crippen molar-refractivity contribution in [1.29, 1.82) is 0 Å². The van der Waals surface area contributed by atoms with E-state index in [-0.39, 0.29) is 29.4 Å². The Morgan fingerprint density at radius 2 is 1.72 bits per heavy atom. The SMILES string of the molecule is CN(C)CCn1c(=O)c2cccc3c4c5ccc(O)cc5ccc4n(c1=O)c23.Cl. The Bertz CT molecular complexity index is 1500. The third-order valence-corrected chi connectivity index (χ3v) is 5.42. The number of rotatable bonds is 3. The molecule has 0 unspecified atom stereocenters. The van der Waals surface area contributed by atoms with Gasteiger partial charge in [0.05, 0.1) is 16.4 Å². The number of benzene rings is 3. The van der Waals surface area contributed by atoms with Gasteiger partial charge < -0.3 is 10.0 Å². The molecule has 0 saturated heterocycles. The average Bonchev–Trinajstić information content (AvgIpc) is 3.01. The zero-order chi connectivity index (χ0) is 19.6. The maximum Gasteiger partial charge on any atom is 0.336 e. The van der Waals surface area contributed by atoms with Crippen molar-refractivity contribution in [2.24, 2.45) is 0 Å². The van der Waals surface area contributed by atoms with E-state index in [0.29, 0.717) is 24.0 Å². The molecule has 2 heterocycles. The van der Waals surface area contributed by atoms with Crippen molar-refractivity contribution in [3.8, 4) is 5.75 Å². The Balaban J connectivity index is 0.00000205. The molecule has 5 aromatic rings. The zero-order valence-corrected chi connectivity index (χ0v) is 16.9. The van der Waals surface area contributed by atoms with Crippen LogP contribution in [0.15, 0.2) is 58.1 Å². The molecular formula is C22H20ClN3O3. The van der Waals surface area contributed by atoms with Crippen molar-refractivity contribution in [3.63, 3.8) is 0 Å². The van der Waals surface area contributed by atoms with Gasteiger partial charge in [0.2, 0.25) is 0 Å². The van der Waals surface area contributed by atoms with E-state index in [1.807, 2.05) is 49.3 Å². The number of likely N-dealkylation sites (N-methyl/N-ethyl adjacent to an activating group) is 1. The molecular weight excluding hydrogens is 390 g/mol. The first-order chi connectivity index (χ1) is 13.5. The van der Waals surface area contributed by atoms with Gasteiger partial charge in [0.15, 0.2) is 0 Å². The lowest BCUT2D eigenvalue weighted by Gasteiger charge is -2.12. The fourth-order valence-electron chi connectivity index (χ4n) is 4.10. The monoisotopic (exact) mass is 409 g/mol. The van der Waals surface area contributed by atoms with Crippen molar-refractivity contribution in [2.45, 2.75) is 6.54 Å². The second kappa shape index (κ2) is 6.76. The second-order valence-corrected chi connectivity index (χ2v) is 7.44. The molecule has 1 N–H and O–H groups in total. The molecule has 0 bridgehead atoms. The van der Waals surface area contributed by atoms with Crippen LogP contribution in [-0.2, 0) is 6.54 Å². The topological polar surface area (TPSA) is 66.9 Å². The summed E-state index contributed by atoms with van der Waals surface area (Å²) in [7, 11) is 3.83. The number of aromatic hydroxyl groups is 1. The number of phenolic OH excluding ortho intramolecular Hbond substituents is 1. The summed E-state index contributed by atoms with van der Waals surface area (Å²) in [5.41, 5.74) is 0.862. The molecule has 6 nitrogen and oxygen atoms in total. The number of fused-ring (bicyclic) bond motifs is 5. The van der Waals surface area contributed by atoms with Gasteiger partial charge in [-0.2, -0.15) is 0 Å². The zero-order valence-electron chi connectivity index (χ0n) is 16.0. The highest BCUT2D eigenvalue weighted by Gasteiger charge is 2.19. The van der Waals surface area contributed by atoms with E-state index in [0.717, 1.165) is 27.1 Å². The summed E-state index contributed by atoms with van der Waals surface area (Å²) in [4.78, 5) is 28.3. The molecule has 0 aliphatic rings. The average molecular weight is 410 g/mol. The standard InChI is InChI=1S/C22H19N3O3.ClH/c1-23(2)10-11-24-21(27)17-5-3-4-16-19-15-8-7-14(26)12-13(15)6-9-18(19)25(20(16)17)22(24)28;/h3-9,12,26H,10-11H2,1-2H3;1H. The fourth-order valence-corrected chi connectivity index (χ4v) is 4.10. The maximum absolute atomic E-state index is 13.3. The fraction of sp³-hybridized carbons (Fsp3) is 0.182. The minimum atomic E-state index is -0.316. The van der Waals surface area contributed by atoms with E-state index in [1.54, 1.807) is 22.6 Å². The largest absolute Gasteiger partial charge is 0.508 e. The van der Waals surface area contributed by atoms with Crippen LogP contribution in [0.4, 0.5) is 0 Å². The van der Waals surface area contributed by atoms with E-state index in [9.17, 15) is 14.7 Å². The summed E-state index contributed by atoms with van der Waals surface area (Å²) < 4.78 is 2.98. The molecule has 0 aliphatic heterocycles. The quantitative estimate of drug-likeness (QED) is 0.497. The van der Waals surface area contributed by atoms with Crippen LogP contribution >= 0.6 is 12.4 Å². The number of hydrogen-bond acceptors (Lipinski definition) is 4. The van der Waals surface area contributed by atoms with E-state index in [1.165, 1.54) is 4.57 Å². The molecule has 3 aromatic carbocycles. The normalized spacial score (nSPS) is 11.8. The molecule has 0 fully saturated rings. The number of nitrogens with zero attached hydrogens (tertiary/aromatic N) is 3. The van der Waals surface area contributed by atoms with Gasteiger partial charge in [0.1, 0.15) is 5.75 Å². The smallest absolute Gasteiger partial charge is 0.336 e. The van der Waals surface area contributed by atoms with Crippen molar-refractivity contribution in [1.82, 2.24) is 13.9 Å².